The summed E-state index contributed by atoms with van der Waals surface area (Å²) in [5, 5.41) is 8.21. The van der Waals surface area contributed by atoms with Gasteiger partial charge in [-0.1, -0.05) is 18.2 Å². The van der Waals surface area contributed by atoms with E-state index < -0.39 is 0 Å². The van der Waals surface area contributed by atoms with E-state index in [2.05, 4.69) is 10.2 Å². The molecule has 0 bridgehead atoms. The predicted molar refractivity (Wildman–Crippen MR) is 61.0 cm³/mol. The van der Waals surface area contributed by atoms with Gasteiger partial charge in [0.1, 0.15) is 0 Å². The highest BCUT2D eigenvalue weighted by molar-refractivity contribution is 5.81. The van der Waals surface area contributed by atoms with Crippen LogP contribution in [0.5, 0.6) is 0 Å². The number of aryl methyl sites for hydroxylation is 1. The van der Waals surface area contributed by atoms with Gasteiger partial charge in [0.25, 0.3) is 0 Å². The second-order valence-corrected chi connectivity index (χ2v) is 3.52. The number of ether oxygens (including phenoxy) is 1. The minimum absolute atomic E-state index is 0.172. The lowest BCUT2D eigenvalue weighted by atomic mass is 10.1. The van der Waals surface area contributed by atoms with Gasteiger partial charge in [0.15, 0.2) is 0 Å². The number of carbonyl (C=O) groups excluding carboxylic acids is 1. The zero-order valence-electron chi connectivity index (χ0n) is 9.19. The molecule has 0 radical (unpaired) electrons. The molecule has 0 saturated heterocycles. The minimum Gasteiger partial charge on any atom is -0.466 e. The van der Waals surface area contributed by atoms with E-state index in [1.165, 1.54) is 0 Å². The van der Waals surface area contributed by atoms with Gasteiger partial charge in [-0.05, 0) is 13.0 Å². The van der Waals surface area contributed by atoms with Gasteiger partial charge in [0.2, 0.25) is 0 Å². The Labute approximate surface area is 93.6 Å². The van der Waals surface area contributed by atoms with E-state index in [0.29, 0.717) is 19.4 Å². The van der Waals surface area contributed by atoms with Crippen molar-refractivity contribution in [1.29, 1.82) is 0 Å². The fourth-order valence-corrected chi connectivity index (χ4v) is 1.66. The van der Waals surface area contributed by atoms with Crippen LogP contribution in [0.15, 0.2) is 24.3 Å². The standard InChI is InChI=1S/C12H14N2O2/c1-2-16-12(15)8-7-11-9-5-3-4-6-10(9)13-14-11/h3-6H,2,7-8H2,1H3,(H,13,14). The Bertz CT molecular complexity index is 490. The SMILES string of the molecule is CCOC(=O)CCc1n[nH]c2ccccc12. The molecule has 0 fully saturated rings. The largest absolute Gasteiger partial charge is 0.466 e. The Morgan fingerprint density at radius 3 is 3.06 bits per heavy atom. The molecule has 0 amide bonds. The molecule has 1 heterocycles. The lowest BCUT2D eigenvalue weighted by molar-refractivity contribution is -0.143. The lowest BCUT2D eigenvalue weighted by Gasteiger charge is -1.99. The van der Waals surface area contributed by atoms with Gasteiger partial charge in [-0.25, -0.2) is 0 Å². The number of nitrogens with one attached hydrogen (secondary N) is 1. The molecular formula is C12H14N2O2. The van der Waals surface area contributed by atoms with E-state index in [4.69, 9.17) is 4.74 Å². The van der Waals surface area contributed by atoms with Crippen molar-refractivity contribution in [1.82, 2.24) is 10.2 Å². The Hall–Kier alpha value is -1.84. The number of H-pyrrole nitrogens is 1. The number of para-hydroxylation sites is 1. The number of fused-ring (bicyclic) bond motifs is 1. The van der Waals surface area contributed by atoms with Gasteiger partial charge in [-0.15, -0.1) is 0 Å². The maximum Gasteiger partial charge on any atom is 0.306 e. The molecule has 0 atom stereocenters. The van der Waals surface area contributed by atoms with Crippen LogP contribution in [-0.2, 0) is 16.0 Å². The molecule has 1 aromatic carbocycles. The molecule has 0 unspecified atom stereocenters. The van der Waals surface area contributed by atoms with Gasteiger partial charge in [-0.2, -0.15) is 5.10 Å². The summed E-state index contributed by atoms with van der Waals surface area (Å²) in [6, 6.07) is 7.89. The van der Waals surface area contributed by atoms with Crippen LogP contribution in [0, 0.1) is 0 Å². The van der Waals surface area contributed by atoms with Crippen LogP contribution in [0.2, 0.25) is 0 Å². The molecule has 0 aliphatic carbocycles. The molecule has 0 aliphatic rings. The van der Waals surface area contributed by atoms with Gasteiger partial charge in [-0.3, -0.25) is 9.89 Å². The number of benzene rings is 1. The van der Waals surface area contributed by atoms with Crippen molar-refractivity contribution in [3.63, 3.8) is 0 Å². The van der Waals surface area contributed by atoms with Crippen molar-refractivity contribution >= 4 is 16.9 Å². The van der Waals surface area contributed by atoms with Crippen LogP contribution >= 0.6 is 0 Å². The molecule has 1 N–H and O–H groups in total. The summed E-state index contributed by atoms with van der Waals surface area (Å²) in [5.74, 6) is -0.172. The average molecular weight is 218 g/mol. The van der Waals surface area contributed by atoms with Crippen LogP contribution in [-0.4, -0.2) is 22.8 Å². The number of aromatic amines is 1. The molecule has 1 aromatic heterocycles. The fraction of sp³-hybridized carbons (Fsp3) is 0.333. The molecule has 2 rings (SSSR count). The van der Waals surface area contributed by atoms with Crippen LogP contribution in [0.25, 0.3) is 10.9 Å². The maximum atomic E-state index is 11.2. The van der Waals surface area contributed by atoms with Crippen molar-refractivity contribution in [3.05, 3.63) is 30.0 Å². The summed E-state index contributed by atoms with van der Waals surface area (Å²) in [6.45, 7) is 2.24. The molecule has 4 heteroatoms. The number of esters is 1. The monoisotopic (exact) mass is 218 g/mol. The third-order valence-electron chi connectivity index (χ3n) is 2.42. The van der Waals surface area contributed by atoms with Gasteiger partial charge < -0.3 is 4.74 Å². The van der Waals surface area contributed by atoms with E-state index in [-0.39, 0.29) is 5.97 Å². The van der Waals surface area contributed by atoms with Crippen LogP contribution < -0.4 is 0 Å². The first-order chi connectivity index (χ1) is 7.81. The molecule has 0 spiro atoms. The molecule has 4 nitrogen and oxygen atoms in total. The van der Waals surface area contributed by atoms with E-state index in [1.807, 2.05) is 31.2 Å². The van der Waals surface area contributed by atoms with Gasteiger partial charge >= 0.3 is 5.97 Å². The zero-order chi connectivity index (χ0) is 11.4. The topological polar surface area (TPSA) is 55.0 Å². The molecule has 0 aliphatic heterocycles. The van der Waals surface area contributed by atoms with Crippen molar-refractivity contribution < 1.29 is 9.53 Å². The van der Waals surface area contributed by atoms with Crippen molar-refractivity contribution in [2.24, 2.45) is 0 Å². The molecule has 2 aromatic rings. The Balaban J connectivity index is 2.07. The summed E-state index contributed by atoms with van der Waals surface area (Å²) >= 11 is 0. The summed E-state index contributed by atoms with van der Waals surface area (Å²) in [7, 11) is 0. The highest BCUT2D eigenvalue weighted by Gasteiger charge is 2.08. The smallest absolute Gasteiger partial charge is 0.306 e. The normalized spacial score (nSPS) is 10.6. The van der Waals surface area contributed by atoms with E-state index >= 15 is 0 Å². The number of rotatable bonds is 4. The maximum absolute atomic E-state index is 11.2. The zero-order valence-corrected chi connectivity index (χ0v) is 9.19. The Morgan fingerprint density at radius 2 is 2.25 bits per heavy atom. The summed E-state index contributed by atoms with van der Waals surface area (Å²) in [6.07, 6.45) is 0.992. The average Bonchev–Trinajstić information content (AvgIpc) is 2.70. The van der Waals surface area contributed by atoms with Gasteiger partial charge in [0, 0.05) is 11.8 Å². The minimum atomic E-state index is -0.172. The highest BCUT2D eigenvalue weighted by atomic mass is 16.5. The van der Waals surface area contributed by atoms with Gasteiger partial charge in [0.05, 0.1) is 24.2 Å². The molecule has 84 valence electrons. The Morgan fingerprint density at radius 1 is 1.44 bits per heavy atom. The van der Waals surface area contributed by atoms with Crippen molar-refractivity contribution in [2.75, 3.05) is 6.61 Å². The second-order valence-electron chi connectivity index (χ2n) is 3.52. The lowest BCUT2D eigenvalue weighted by Crippen LogP contribution is -2.05. The first-order valence-electron chi connectivity index (χ1n) is 5.39. The number of hydrogen-bond acceptors (Lipinski definition) is 3. The van der Waals surface area contributed by atoms with Crippen LogP contribution in [0.3, 0.4) is 0 Å². The van der Waals surface area contributed by atoms with Crippen molar-refractivity contribution in [3.8, 4) is 0 Å². The fourth-order valence-electron chi connectivity index (χ4n) is 1.66. The number of hydrogen-bond donors (Lipinski definition) is 1. The third-order valence-corrected chi connectivity index (χ3v) is 2.42. The first-order valence-corrected chi connectivity index (χ1v) is 5.39. The number of nitrogens with zero attached hydrogens (tertiary/aromatic N) is 1. The van der Waals surface area contributed by atoms with E-state index in [9.17, 15) is 4.79 Å². The van der Waals surface area contributed by atoms with E-state index in [0.717, 1.165) is 16.6 Å². The summed E-state index contributed by atoms with van der Waals surface area (Å²) in [4.78, 5) is 11.2. The number of aromatic nitrogens is 2. The number of carbonyl (C=O) groups is 1. The third kappa shape index (κ3) is 2.21. The first kappa shape index (κ1) is 10.7. The quantitative estimate of drug-likeness (QED) is 0.799. The summed E-state index contributed by atoms with van der Waals surface area (Å²) < 4.78 is 4.88. The molecule has 16 heavy (non-hydrogen) atoms. The van der Waals surface area contributed by atoms with Crippen LogP contribution in [0.1, 0.15) is 19.0 Å². The second kappa shape index (κ2) is 4.79. The van der Waals surface area contributed by atoms with E-state index in [1.54, 1.807) is 0 Å². The molecule has 0 saturated carbocycles. The molecular weight excluding hydrogens is 204 g/mol. The van der Waals surface area contributed by atoms with Crippen LogP contribution in [0.4, 0.5) is 0 Å². The predicted octanol–water partition coefficient (Wildman–Crippen LogP) is 2.06. The summed E-state index contributed by atoms with van der Waals surface area (Å²) in [5.41, 5.74) is 1.92. The van der Waals surface area contributed by atoms with Crippen molar-refractivity contribution in [2.45, 2.75) is 19.8 Å². The highest BCUT2D eigenvalue weighted by Crippen LogP contribution is 2.16. The Kier molecular flexibility index (Phi) is 3.19.